The van der Waals surface area contributed by atoms with Crippen LogP contribution in [0.15, 0.2) is 18.2 Å². The number of hydrogen-bond acceptors (Lipinski definition) is 2. The molecule has 0 amide bonds. The molecule has 0 saturated carbocycles. The van der Waals surface area contributed by atoms with Gasteiger partial charge >= 0.3 is 0 Å². The Morgan fingerprint density at radius 3 is 2.67 bits per heavy atom. The number of halogens is 2. The summed E-state index contributed by atoms with van der Waals surface area (Å²) in [5.41, 5.74) is 11.7. The van der Waals surface area contributed by atoms with Gasteiger partial charge in [0.1, 0.15) is 5.82 Å². The SMILES string of the molecule is NCCCC[C@H](N)c1c(F)cccc1Cl. The monoisotopic (exact) mass is 230 g/mol. The number of unbranched alkanes of at least 4 members (excludes halogenated alkanes) is 1. The molecular weight excluding hydrogens is 215 g/mol. The molecule has 4 N–H and O–H groups in total. The smallest absolute Gasteiger partial charge is 0.129 e. The number of nitrogens with two attached hydrogens (primary N) is 2. The molecule has 15 heavy (non-hydrogen) atoms. The van der Waals surface area contributed by atoms with E-state index < -0.39 is 0 Å². The summed E-state index contributed by atoms with van der Waals surface area (Å²) in [6.07, 6.45) is 2.50. The van der Waals surface area contributed by atoms with E-state index in [0.717, 1.165) is 12.8 Å². The number of rotatable bonds is 5. The van der Waals surface area contributed by atoms with Crippen molar-refractivity contribution in [1.29, 1.82) is 0 Å². The molecule has 0 radical (unpaired) electrons. The van der Waals surface area contributed by atoms with Crippen LogP contribution in [0.5, 0.6) is 0 Å². The van der Waals surface area contributed by atoms with Gasteiger partial charge in [-0.1, -0.05) is 24.1 Å². The van der Waals surface area contributed by atoms with Crippen molar-refractivity contribution in [3.8, 4) is 0 Å². The Morgan fingerprint density at radius 1 is 1.33 bits per heavy atom. The van der Waals surface area contributed by atoms with E-state index in [1.54, 1.807) is 12.1 Å². The summed E-state index contributed by atoms with van der Waals surface area (Å²) in [6, 6.07) is 4.27. The van der Waals surface area contributed by atoms with Crippen molar-refractivity contribution in [2.24, 2.45) is 11.5 Å². The molecular formula is C11H16ClFN2. The van der Waals surface area contributed by atoms with Crippen LogP contribution in [-0.2, 0) is 0 Å². The maximum absolute atomic E-state index is 13.4. The van der Waals surface area contributed by atoms with Gasteiger partial charge in [0.05, 0.1) is 0 Å². The van der Waals surface area contributed by atoms with Gasteiger partial charge in [-0.2, -0.15) is 0 Å². The van der Waals surface area contributed by atoms with Gasteiger partial charge in [0.25, 0.3) is 0 Å². The minimum atomic E-state index is -0.342. The Morgan fingerprint density at radius 2 is 2.07 bits per heavy atom. The summed E-state index contributed by atoms with van der Waals surface area (Å²) in [5, 5.41) is 0.398. The number of hydrogen-bond donors (Lipinski definition) is 2. The molecule has 1 atom stereocenters. The van der Waals surface area contributed by atoms with E-state index in [0.29, 0.717) is 23.6 Å². The van der Waals surface area contributed by atoms with E-state index in [-0.39, 0.29) is 11.9 Å². The van der Waals surface area contributed by atoms with Gasteiger partial charge in [-0.25, -0.2) is 4.39 Å². The maximum Gasteiger partial charge on any atom is 0.129 e. The standard InChI is InChI=1S/C11H16ClFN2/c12-8-4-3-5-9(13)11(8)10(15)6-1-2-7-14/h3-5,10H,1-2,6-7,14-15H2/t10-/m0/s1. The van der Waals surface area contributed by atoms with E-state index in [4.69, 9.17) is 23.1 Å². The maximum atomic E-state index is 13.4. The van der Waals surface area contributed by atoms with Crippen molar-refractivity contribution in [1.82, 2.24) is 0 Å². The quantitative estimate of drug-likeness (QED) is 0.764. The molecule has 0 unspecified atom stereocenters. The third-order valence-corrected chi connectivity index (χ3v) is 2.67. The summed E-state index contributed by atoms with van der Waals surface area (Å²) in [4.78, 5) is 0. The zero-order valence-electron chi connectivity index (χ0n) is 8.55. The van der Waals surface area contributed by atoms with Gasteiger partial charge < -0.3 is 11.5 Å². The van der Waals surface area contributed by atoms with Gasteiger partial charge in [-0.15, -0.1) is 0 Å². The fourth-order valence-electron chi connectivity index (χ4n) is 1.52. The first kappa shape index (κ1) is 12.4. The molecule has 0 heterocycles. The van der Waals surface area contributed by atoms with Crippen molar-refractivity contribution in [2.45, 2.75) is 25.3 Å². The molecule has 0 aliphatic heterocycles. The Hall–Kier alpha value is -0.640. The fraction of sp³-hybridized carbons (Fsp3) is 0.455. The van der Waals surface area contributed by atoms with Gasteiger partial charge in [-0.3, -0.25) is 0 Å². The van der Waals surface area contributed by atoms with E-state index in [1.165, 1.54) is 6.07 Å². The van der Waals surface area contributed by atoms with Gasteiger partial charge in [0.2, 0.25) is 0 Å². The van der Waals surface area contributed by atoms with Gasteiger partial charge in [-0.05, 0) is 31.5 Å². The van der Waals surface area contributed by atoms with Crippen molar-refractivity contribution < 1.29 is 4.39 Å². The highest BCUT2D eigenvalue weighted by Crippen LogP contribution is 2.27. The van der Waals surface area contributed by atoms with Crippen LogP contribution < -0.4 is 11.5 Å². The second-order valence-corrected chi connectivity index (χ2v) is 3.93. The zero-order chi connectivity index (χ0) is 11.3. The van der Waals surface area contributed by atoms with Crippen LogP contribution in [0.25, 0.3) is 0 Å². The molecule has 4 heteroatoms. The molecule has 0 fully saturated rings. The zero-order valence-corrected chi connectivity index (χ0v) is 9.30. The van der Waals surface area contributed by atoms with Crippen molar-refractivity contribution >= 4 is 11.6 Å². The Balaban J connectivity index is 2.68. The second kappa shape index (κ2) is 6.05. The van der Waals surface area contributed by atoms with Crippen molar-refractivity contribution in [2.75, 3.05) is 6.54 Å². The van der Waals surface area contributed by atoms with E-state index in [2.05, 4.69) is 0 Å². The molecule has 1 rings (SSSR count). The summed E-state index contributed by atoms with van der Waals surface area (Å²) >= 11 is 5.89. The minimum absolute atomic E-state index is 0.331. The van der Waals surface area contributed by atoms with Gasteiger partial charge in [0.15, 0.2) is 0 Å². The summed E-state index contributed by atoms with van der Waals surface area (Å²) < 4.78 is 13.4. The largest absolute Gasteiger partial charge is 0.330 e. The molecule has 0 aliphatic rings. The highest BCUT2D eigenvalue weighted by molar-refractivity contribution is 6.31. The second-order valence-electron chi connectivity index (χ2n) is 3.53. The third kappa shape index (κ3) is 3.45. The first-order chi connectivity index (χ1) is 7.16. The van der Waals surface area contributed by atoms with Crippen molar-refractivity contribution in [3.05, 3.63) is 34.6 Å². The lowest BCUT2D eigenvalue weighted by Gasteiger charge is -2.14. The van der Waals surface area contributed by atoms with E-state index in [9.17, 15) is 4.39 Å². The Bertz CT molecular complexity index is 297. The molecule has 84 valence electrons. The van der Waals surface area contributed by atoms with Crippen LogP contribution >= 0.6 is 11.6 Å². The lowest BCUT2D eigenvalue weighted by Crippen LogP contribution is -2.13. The molecule has 0 bridgehead atoms. The molecule has 2 nitrogen and oxygen atoms in total. The summed E-state index contributed by atoms with van der Waals surface area (Å²) in [7, 11) is 0. The van der Waals surface area contributed by atoms with Crippen LogP contribution in [0.1, 0.15) is 30.9 Å². The topological polar surface area (TPSA) is 52.0 Å². The van der Waals surface area contributed by atoms with Gasteiger partial charge in [0, 0.05) is 16.6 Å². The van der Waals surface area contributed by atoms with Crippen molar-refractivity contribution in [3.63, 3.8) is 0 Å². The summed E-state index contributed by atoms with van der Waals surface area (Å²) in [6.45, 7) is 0.637. The van der Waals surface area contributed by atoms with Crippen LogP contribution in [0.4, 0.5) is 4.39 Å². The average molecular weight is 231 g/mol. The van der Waals surface area contributed by atoms with Crippen LogP contribution in [0, 0.1) is 5.82 Å². The van der Waals surface area contributed by atoms with Crippen LogP contribution in [0.3, 0.4) is 0 Å². The molecule has 0 aromatic heterocycles. The number of benzene rings is 1. The first-order valence-electron chi connectivity index (χ1n) is 5.06. The van der Waals surface area contributed by atoms with Crippen LogP contribution in [0.2, 0.25) is 5.02 Å². The summed E-state index contributed by atoms with van der Waals surface area (Å²) in [5.74, 6) is -0.331. The van der Waals surface area contributed by atoms with E-state index in [1.807, 2.05) is 0 Å². The predicted molar refractivity (Wildman–Crippen MR) is 61.2 cm³/mol. The molecule has 1 aromatic carbocycles. The molecule has 0 aliphatic carbocycles. The lowest BCUT2D eigenvalue weighted by molar-refractivity contribution is 0.543. The third-order valence-electron chi connectivity index (χ3n) is 2.34. The predicted octanol–water partition coefficient (Wildman–Crippen LogP) is 2.61. The van der Waals surface area contributed by atoms with Crippen LogP contribution in [-0.4, -0.2) is 6.54 Å². The molecule has 0 saturated heterocycles. The average Bonchev–Trinajstić information content (AvgIpc) is 2.18. The minimum Gasteiger partial charge on any atom is -0.330 e. The highest BCUT2D eigenvalue weighted by atomic mass is 35.5. The van der Waals surface area contributed by atoms with E-state index >= 15 is 0 Å². The molecule has 0 spiro atoms. The normalized spacial score (nSPS) is 12.8. The fourth-order valence-corrected chi connectivity index (χ4v) is 1.82. The highest BCUT2D eigenvalue weighted by Gasteiger charge is 2.14. The first-order valence-corrected chi connectivity index (χ1v) is 5.44. The Kier molecular flexibility index (Phi) is 5.02. The lowest BCUT2D eigenvalue weighted by atomic mass is 10.0. The molecule has 1 aromatic rings. The Labute approximate surface area is 94.4 Å².